The van der Waals surface area contributed by atoms with Crippen LogP contribution in [-0.2, 0) is 0 Å². The van der Waals surface area contributed by atoms with Crippen molar-refractivity contribution in [3.8, 4) is 0 Å². The van der Waals surface area contributed by atoms with E-state index >= 15 is 0 Å². The second-order valence-corrected chi connectivity index (χ2v) is 3.89. The number of rotatable bonds is 5. The van der Waals surface area contributed by atoms with E-state index in [9.17, 15) is 0 Å². The van der Waals surface area contributed by atoms with Gasteiger partial charge in [0.15, 0.2) is 0 Å². The van der Waals surface area contributed by atoms with E-state index in [4.69, 9.17) is 5.73 Å². The average molecular weight is 182 g/mol. The number of allylic oxidation sites excluding steroid dienone is 2. The van der Waals surface area contributed by atoms with E-state index in [1.54, 1.807) is 0 Å². The fraction of sp³-hybridized carbons (Fsp3) is 0.818. The second-order valence-electron chi connectivity index (χ2n) is 3.89. The molecule has 0 aromatic carbocycles. The maximum absolute atomic E-state index is 5.67. The first kappa shape index (κ1) is 10.6. The summed E-state index contributed by atoms with van der Waals surface area (Å²) in [6.45, 7) is 4.19. The molecule has 0 aromatic rings. The summed E-state index contributed by atoms with van der Waals surface area (Å²) >= 11 is 0. The Balaban J connectivity index is 2.21. The van der Waals surface area contributed by atoms with E-state index in [0.717, 1.165) is 13.1 Å². The molecular formula is C11H22N2. The van der Waals surface area contributed by atoms with Crippen LogP contribution in [0.2, 0.25) is 0 Å². The van der Waals surface area contributed by atoms with Crippen molar-refractivity contribution in [2.45, 2.75) is 39.0 Å². The van der Waals surface area contributed by atoms with E-state index < -0.39 is 0 Å². The molecule has 1 atom stereocenters. The van der Waals surface area contributed by atoms with Crippen molar-refractivity contribution in [2.75, 3.05) is 13.1 Å². The lowest BCUT2D eigenvalue weighted by molar-refractivity contribution is 0.457. The third kappa shape index (κ3) is 3.81. The van der Waals surface area contributed by atoms with E-state index in [0.29, 0.717) is 5.92 Å². The molecule has 0 spiro atoms. The number of hydrogen-bond acceptors (Lipinski definition) is 2. The zero-order valence-electron chi connectivity index (χ0n) is 8.68. The first-order valence-electron chi connectivity index (χ1n) is 5.49. The van der Waals surface area contributed by atoms with Gasteiger partial charge in [0, 0.05) is 12.2 Å². The minimum Gasteiger partial charge on any atom is -0.389 e. The van der Waals surface area contributed by atoms with Gasteiger partial charge in [-0.05, 0) is 38.1 Å². The fourth-order valence-electron chi connectivity index (χ4n) is 1.76. The Morgan fingerprint density at radius 2 is 2.46 bits per heavy atom. The van der Waals surface area contributed by atoms with Crippen LogP contribution in [0.1, 0.15) is 39.0 Å². The quantitative estimate of drug-likeness (QED) is 0.638. The van der Waals surface area contributed by atoms with Crippen molar-refractivity contribution in [3.63, 3.8) is 0 Å². The average Bonchev–Trinajstić information content (AvgIpc) is 2.19. The van der Waals surface area contributed by atoms with E-state index in [1.165, 1.54) is 37.8 Å². The van der Waals surface area contributed by atoms with E-state index in [1.807, 2.05) is 0 Å². The van der Waals surface area contributed by atoms with E-state index in [2.05, 4.69) is 18.3 Å². The van der Waals surface area contributed by atoms with Crippen LogP contribution in [0, 0.1) is 5.92 Å². The SMILES string of the molecule is CCCCNC1=CCCC(CN)C1. The van der Waals surface area contributed by atoms with Crippen molar-refractivity contribution < 1.29 is 0 Å². The smallest absolute Gasteiger partial charge is 0.0143 e. The molecular weight excluding hydrogens is 160 g/mol. The predicted molar refractivity (Wildman–Crippen MR) is 57.4 cm³/mol. The van der Waals surface area contributed by atoms with Gasteiger partial charge >= 0.3 is 0 Å². The summed E-state index contributed by atoms with van der Waals surface area (Å²) in [5.41, 5.74) is 7.09. The maximum atomic E-state index is 5.67. The molecule has 0 heterocycles. The van der Waals surface area contributed by atoms with E-state index in [-0.39, 0.29) is 0 Å². The maximum Gasteiger partial charge on any atom is 0.0143 e. The van der Waals surface area contributed by atoms with Crippen LogP contribution in [0.4, 0.5) is 0 Å². The van der Waals surface area contributed by atoms with Gasteiger partial charge in [0.05, 0.1) is 0 Å². The standard InChI is InChI=1S/C11H22N2/c1-2-3-7-13-11-6-4-5-10(8-11)9-12/h6,10,13H,2-5,7-9,12H2,1H3. The van der Waals surface area contributed by atoms with Gasteiger partial charge in [-0.2, -0.15) is 0 Å². The molecule has 0 amide bonds. The van der Waals surface area contributed by atoms with Crippen LogP contribution in [0.5, 0.6) is 0 Å². The monoisotopic (exact) mass is 182 g/mol. The topological polar surface area (TPSA) is 38.0 Å². The van der Waals surface area contributed by atoms with Crippen molar-refractivity contribution in [2.24, 2.45) is 11.7 Å². The van der Waals surface area contributed by atoms with Gasteiger partial charge in [-0.25, -0.2) is 0 Å². The van der Waals surface area contributed by atoms with Crippen molar-refractivity contribution >= 4 is 0 Å². The third-order valence-corrected chi connectivity index (χ3v) is 2.69. The molecule has 0 fully saturated rings. The van der Waals surface area contributed by atoms with Gasteiger partial charge in [-0.3, -0.25) is 0 Å². The van der Waals surface area contributed by atoms with Crippen molar-refractivity contribution in [3.05, 3.63) is 11.8 Å². The van der Waals surface area contributed by atoms with Crippen molar-refractivity contribution in [1.29, 1.82) is 0 Å². The lowest BCUT2D eigenvalue weighted by Gasteiger charge is -2.22. The Morgan fingerprint density at radius 1 is 1.62 bits per heavy atom. The van der Waals surface area contributed by atoms with Crippen LogP contribution in [0.3, 0.4) is 0 Å². The summed E-state index contributed by atoms with van der Waals surface area (Å²) in [4.78, 5) is 0. The minimum absolute atomic E-state index is 0.717. The molecule has 2 nitrogen and oxygen atoms in total. The molecule has 1 aliphatic carbocycles. The number of nitrogens with one attached hydrogen (secondary N) is 1. The zero-order chi connectivity index (χ0) is 9.52. The highest BCUT2D eigenvalue weighted by molar-refractivity contribution is 5.04. The predicted octanol–water partition coefficient (Wildman–Crippen LogP) is 2.02. The minimum atomic E-state index is 0.717. The fourth-order valence-corrected chi connectivity index (χ4v) is 1.76. The Labute approximate surface area is 81.6 Å². The Kier molecular flexibility index (Phi) is 4.91. The van der Waals surface area contributed by atoms with Crippen LogP contribution >= 0.6 is 0 Å². The molecule has 0 saturated carbocycles. The Hall–Kier alpha value is -0.500. The highest BCUT2D eigenvalue weighted by atomic mass is 14.9. The molecule has 1 unspecified atom stereocenters. The zero-order valence-corrected chi connectivity index (χ0v) is 8.68. The van der Waals surface area contributed by atoms with Crippen LogP contribution < -0.4 is 11.1 Å². The first-order chi connectivity index (χ1) is 6.36. The van der Waals surface area contributed by atoms with Gasteiger partial charge in [0.25, 0.3) is 0 Å². The Bertz CT molecular complexity index is 163. The highest BCUT2D eigenvalue weighted by Crippen LogP contribution is 2.21. The molecule has 13 heavy (non-hydrogen) atoms. The summed E-state index contributed by atoms with van der Waals surface area (Å²) in [5, 5.41) is 3.49. The molecule has 0 radical (unpaired) electrons. The molecule has 1 aliphatic rings. The van der Waals surface area contributed by atoms with Crippen LogP contribution in [0.25, 0.3) is 0 Å². The summed E-state index contributed by atoms with van der Waals surface area (Å²) in [7, 11) is 0. The van der Waals surface area contributed by atoms with Crippen molar-refractivity contribution in [1.82, 2.24) is 5.32 Å². The van der Waals surface area contributed by atoms with Crippen LogP contribution in [0.15, 0.2) is 11.8 Å². The third-order valence-electron chi connectivity index (χ3n) is 2.69. The summed E-state index contributed by atoms with van der Waals surface area (Å²) in [5.74, 6) is 0.717. The van der Waals surface area contributed by atoms with Gasteiger partial charge in [0.1, 0.15) is 0 Å². The molecule has 76 valence electrons. The van der Waals surface area contributed by atoms with Gasteiger partial charge in [0.2, 0.25) is 0 Å². The lowest BCUT2D eigenvalue weighted by atomic mass is 9.92. The second kappa shape index (κ2) is 6.03. The summed E-state index contributed by atoms with van der Waals surface area (Å²) in [6, 6.07) is 0. The van der Waals surface area contributed by atoms with Gasteiger partial charge < -0.3 is 11.1 Å². The lowest BCUT2D eigenvalue weighted by Crippen LogP contribution is -2.24. The molecule has 3 N–H and O–H groups in total. The van der Waals surface area contributed by atoms with Crippen LogP contribution in [-0.4, -0.2) is 13.1 Å². The summed E-state index contributed by atoms with van der Waals surface area (Å²) in [6.07, 6.45) is 8.51. The van der Waals surface area contributed by atoms with Gasteiger partial charge in [-0.1, -0.05) is 19.4 Å². The molecule has 1 rings (SSSR count). The largest absolute Gasteiger partial charge is 0.389 e. The molecule has 0 saturated heterocycles. The molecule has 0 aliphatic heterocycles. The first-order valence-corrected chi connectivity index (χ1v) is 5.49. The van der Waals surface area contributed by atoms with Gasteiger partial charge in [-0.15, -0.1) is 0 Å². The molecule has 0 bridgehead atoms. The molecule has 0 aromatic heterocycles. The number of unbranched alkanes of at least 4 members (excludes halogenated alkanes) is 1. The molecule has 2 heteroatoms. The Morgan fingerprint density at radius 3 is 3.15 bits per heavy atom. The number of nitrogens with two attached hydrogens (primary N) is 1. The normalized spacial score (nSPS) is 22.6. The highest BCUT2D eigenvalue weighted by Gasteiger charge is 2.12. The number of hydrogen-bond donors (Lipinski definition) is 2. The summed E-state index contributed by atoms with van der Waals surface area (Å²) < 4.78 is 0.